The number of ether oxygens (including phenoxy) is 2. The van der Waals surface area contributed by atoms with E-state index in [1.807, 2.05) is 4.98 Å². The van der Waals surface area contributed by atoms with Crippen molar-refractivity contribution >= 4 is 7.82 Å². The molecule has 1 aliphatic rings. The molecular weight excluding hydrogens is 347 g/mol. The van der Waals surface area contributed by atoms with E-state index in [0.29, 0.717) is 0 Å². The summed E-state index contributed by atoms with van der Waals surface area (Å²) in [5.74, 6) is 0. The smallest absolute Gasteiger partial charge is 0.387 e. The van der Waals surface area contributed by atoms with Crippen molar-refractivity contribution in [3.05, 3.63) is 45.8 Å². The number of nitrogens with zero attached hydrogens (tertiary/aromatic N) is 1. The van der Waals surface area contributed by atoms with Crippen molar-refractivity contribution in [3.63, 3.8) is 0 Å². The number of hydrogen-bond donors (Lipinski definition) is 4. The summed E-state index contributed by atoms with van der Waals surface area (Å²) < 4.78 is 26.9. The van der Waals surface area contributed by atoms with Gasteiger partial charge in [0.15, 0.2) is 6.23 Å². The molecule has 1 aromatic heterocycles. The zero-order chi connectivity index (χ0) is 17.9. The van der Waals surface area contributed by atoms with Gasteiger partial charge in [-0.2, -0.15) is 0 Å². The standard InChI is InChI=1S/C12H17N2O9P/c1-2-5-21-10-9(16)7(6-22-24(18,19)20)23-11(10)14-4-3-8(15)13-12(14)17/h2-4,7,9-11,16H,1,5-6H2,(H,13,15,17)(H2,18,19,20)/t7-,9-,10-,11-/m1/s1. The molecule has 24 heavy (non-hydrogen) atoms. The lowest BCUT2D eigenvalue weighted by atomic mass is 10.1. The number of phosphoric acid groups is 1. The molecule has 0 unspecified atom stereocenters. The fourth-order valence-electron chi connectivity index (χ4n) is 2.24. The summed E-state index contributed by atoms with van der Waals surface area (Å²) in [6.07, 6.45) is -2.09. The van der Waals surface area contributed by atoms with Crippen LogP contribution in [0.5, 0.6) is 0 Å². The largest absolute Gasteiger partial charge is 0.469 e. The Balaban J connectivity index is 2.26. The fraction of sp³-hybridized carbons (Fsp3) is 0.500. The van der Waals surface area contributed by atoms with Gasteiger partial charge in [0, 0.05) is 12.3 Å². The zero-order valence-electron chi connectivity index (χ0n) is 12.3. The molecule has 0 aromatic carbocycles. The number of phosphoric ester groups is 1. The molecule has 0 radical (unpaired) electrons. The quantitative estimate of drug-likeness (QED) is 0.332. The van der Waals surface area contributed by atoms with Crippen molar-refractivity contribution < 1.29 is 33.5 Å². The Labute approximate surface area is 135 Å². The van der Waals surface area contributed by atoms with Crippen LogP contribution in [0.4, 0.5) is 0 Å². The molecular formula is C12H17N2O9P. The lowest BCUT2D eigenvalue weighted by Crippen LogP contribution is -2.39. The highest BCUT2D eigenvalue weighted by molar-refractivity contribution is 7.46. The molecule has 0 amide bonds. The third-order valence-corrected chi connectivity index (χ3v) is 3.74. The van der Waals surface area contributed by atoms with Crippen molar-refractivity contribution in [1.82, 2.24) is 9.55 Å². The molecule has 134 valence electrons. The van der Waals surface area contributed by atoms with Crippen LogP contribution in [0, 0.1) is 0 Å². The first-order chi connectivity index (χ1) is 11.2. The van der Waals surface area contributed by atoms with Crippen molar-refractivity contribution in [2.45, 2.75) is 24.5 Å². The van der Waals surface area contributed by atoms with Gasteiger partial charge in [0.2, 0.25) is 0 Å². The second kappa shape index (κ2) is 7.53. The number of rotatable bonds is 7. The molecule has 0 aliphatic carbocycles. The van der Waals surface area contributed by atoms with Crippen LogP contribution >= 0.6 is 7.82 Å². The monoisotopic (exact) mass is 364 g/mol. The number of aromatic nitrogens is 2. The Hall–Kier alpha value is -1.59. The zero-order valence-corrected chi connectivity index (χ0v) is 13.2. The van der Waals surface area contributed by atoms with Crippen LogP contribution in [-0.2, 0) is 18.6 Å². The third kappa shape index (κ3) is 4.48. The molecule has 0 bridgehead atoms. The second-order valence-corrected chi connectivity index (χ2v) is 6.19. The summed E-state index contributed by atoms with van der Waals surface area (Å²) in [4.78, 5) is 42.6. The van der Waals surface area contributed by atoms with E-state index < -0.39 is 50.2 Å². The Morgan fingerprint density at radius 3 is 2.75 bits per heavy atom. The average Bonchev–Trinajstić information content (AvgIpc) is 2.78. The number of H-pyrrole nitrogens is 1. The Morgan fingerprint density at radius 1 is 1.46 bits per heavy atom. The predicted molar refractivity (Wildman–Crippen MR) is 79.2 cm³/mol. The molecule has 2 rings (SSSR count). The van der Waals surface area contributed by atoms with E-state index in [2.05, 4.69) is 11.1 Å². The van der Waals surface area contributed by atoms with Crippen LogP contribution in [0.1, 0.15) is 6.23 Å². The first-order valence-corrected chi connectivity index (χ1v) is 8.33. The molecule has 0 saturated carbocycles. The minimum Gasteiger partial charge on any atom is -0.387 e. The van der Waals surface area contributed by atoms with Crippen LogP contribution < -0.4 is 11.2 Å². The average molecular weight is 364 g/mol. The number of hydrogen-bond acceptors (Lipinski definition) is 7. The van der Waals surface area contributed by atoms with Gasteiger partial charge >= 0.3 is 13.5 Å². The fourth-order valence-corrected chi connectivity index (χ4v) is 2.58. The van der Waals surface area contributed by atoms with Crippen LogP contribution in [0.3, 0.4) is 0 Å². The van der Waals surface area contributed by atoms with E-state index >= 15 is 0 Å². The second-order valence-electron chi connectivity index (χ2n) is 4.95. The number of aromatic amines is 1. The summed E-state index contributed by atoms with van der Waals surface area (Å²) >= 11 is 0. The van der Waals surface area contributed by atoms with Crippen molar-refractivity contribution in [3.8, 4) is 0 Å². The number of aliphatic hydroxyl groups is 1. The van der Waals surface area contributed by atoms with Crippen molar-refractivity contribution in [2.24, 2.45) is 0 Å². The maximum absolute atomic E-state index is 11.9. The highest BCUT2D eigenvalue weighted by Gasteiger charge is 2.46. The van der Waals surface area contributed by atoms with Gasteiger partial charge < -0.3 is 24.4 Å². The molecule has 2 heterocycles. The minimum atomic E-state index is -4.76. The van der Waals surface area contributed by atoms with Crippen molar-refractivity contribution in [2.75, 3.05) is 13.2 Å². The molecule has 11 nitrogen and oxygen atoms in total. The summed E-state index contributed by atoms with van der Waals surface area (Å²) in [6, 6.07) is 1.08. The summed E-state index contributed by atoms with van der Waals surface area (Å²) in [5.41, 5.74) is -1.40. The predicted octanol–water partition coefficient (Wildman–Crippen LogP) is -1.52. The Morgan fingerprint density at radius 2 is 2.17 bits per heavy atom. The van der Waals surface area contributed by atoms with E-state index in [1.54, 1.807) is 0 Å². The normalized spacial score (nSPS) is 27.3. The third-order valence-electron chi connectivity index (χ3n) is 3.25. The molecule has 1 aliphatic heterocycles. The molecule has 1 fully saturated rings. The summed E-state index contributed by atoms with van der Waals surface area (Å²) in [6.45, 7) is 2.89. The molecule has 1 aromatic rings. The van der Waals surface area contributed by atoms with Gasteiger partial charge in [-0.05, 0) is 0 Å². The maximum Gasteiger partial charge on any atom is 0.469 e. The lowest BCUT2D eigenvalue weighted by molar-refractivity contribution is -0.0682. The van der Waals surface area contributed by atoms with Crippen LogP contribution in [0.2, 0.25) is 0 Å². The number of nitrogens with one attached hydrogen (secondary N) is 1. The lowest BCUT2D eigenvalue weighted by Gasteiger charge is -2.21. The van der Waals surface area contributed by atoms with Gasteiger partial charge in [-0.1, -0.05) is 6.08 Å². The molecule has 12 heteroatoms. The Kier molecular flexibility index (Phi) is 5.88. The minimum absolute atomic E-state index is 0.0335. The SMILES string of the molecule is C=CCO[C@@H]1[C@H](O)[C@@H](COP(=O)(O)O)O[C@H]1n1ccc(=O)[nH]c1=O. The van der Waals surface area contributed by atoms with E-state index in [1.165, 1.54) is 6.08 Å². The number of aliphatic hydroxyl groups excluding tert-OH is 1. The van der Waals surface area contributed by atoms with Gasteiger partial charge in [-0.3, -0.25) is 18.9 Å². The van der Waals surface area contributed by atoms with Crippen LogP contribution in [0.25, 0.3) is 0 Å². The van der Waals surface area contributed by atoms with Crippen molar-refractivity contribution in [1.29, 1.82) is 0 Å². The van der Waals surface area contributed by atoms with E-state index in [-0.39, 0.29) is 6.61 Å². The first-order valence-electron chi connectivity index (χ1n) is 6.80. The topological polar surface area (TPSA) is 160 Å². The molecule has 1 saturated heterocycles. The Bertz CT molecular complexity index is 739. The van der Waals surface area contributed by atoms with Gasteiger partial charge in [0.05, 0.1) is 13.2 Å². The van der Waals surface area contributed by atoms with E-state index in [9.17, 15) is 19.3 Å². The van der Waals surface area contributed by atoms with Gasteiger partial charge in [0.1, 0.15) is 18.3 Å². The van der Waals surface area contributed by atoms with Crippen LogP contribution in [-0.4, -0.2) is 56.0 Å². The van der Waals surface area contributed by atoms with Gasteiger partial charge in [-0.15, -0.1) is 6.58 Å². The first kappa shape index (κ1) is 18.7. The molecule has 4 N–H and O–H groups in total. The van der Waals surface area contributed by atoms with E-state index in [4.69, 9.17) is 19.3 Å². The van der Waals surface area contributed by atoms with E-state index in [0.717, 1.165) is 16.8 Å². The molecule has 0 spiro atoms. The summed E-state index contributed by atoms with van der Waals surface area (Å²) in [7, 11) is -4.76. The maximum atomic E-state index is 11.9. The van der Waals surface area contributed by atoms with Gasteiger partial charge in [-0.25, -0.2) is 9.36 Å². The molecule has 4 atom stereocenters. The van der Waals surface area contributed by atoms with Gasteiger partial charge in [0.25, 0.3) is 5.56 Å². The highest BCUT2D eigenvalue weighted by atomic mass is 31.2. The van der Waals surface area contributed by atoms with Crippen LogP contribution in [0.15, 0.2) is 34.5 Å². The summed E-state index contributed by atoms with van der Waals surface area (Å²) in [5, 5.41) is 10.2. The highest BCUT2D eigenvalue weighted by Crippen LogP contribution is 2.38.